The zero-order chi connectivity index (χ0) is 10.3. The number of rotatable bonds is 1. The lowest BCUT2D eigenvalue weighted by Crippen LogP contribution is -2.71. The molecule has 14 heavy (non-hydrogen) atoms. The van der Waals surface area contributed by atoms with E-state index in [2.05, 4.69) is 10.6 Å². The Morgan fingerprint density at radius 2 is 2.21 bits per heavy atom. The second-order valence-electron chi connectivity index (χ2n) is 5.17. The van der Waals surface area contributed by atoms with E-state index in [4.69, 9.17) is 4.74 Å². The second-order valence-corrected chi connectivity index (χ2v) is 5.17. The number of hydrogen-bond donors (Lipinski definition) is 2. The molecule has 1 saturated heterocycles. The van der Waals surface area contributed by atoms with Crippen molar-refractivity contribution in [3.05, 3.63) is 0 Å². The van der Waals surface area contributed by atoms with Crippen molar-refractivity contribution < 1.29 is 9.53 Å². The fourth-order valence-electron chi connectivity index (χ4n) is 1.98. The van der Waals surface area contributed by atoms with Gasteiger partial charge < -0.3 is 15.4 Å². The molecule has 2 N–H and O–H groups in total. The monoisotopic (exact) mass is 198 g/mol. The summed E-state index contributed by atoms with van der Waals surface area (Å²) < 4.78 is 5.18. The van der Waals surface area contributed by atoms with Gasteiger partial charge in [0.2, 0.25) is 0 Å². The number of carbonyl (C=O) groups excluding carboxylic acids is 1. The Bertz CT molecular complexity index is 247. The van der Waals surface area contributed by atoms with Crippen LogP contribution in [0.25, 0.3) is 0 Å². The maximum absolute atomic E-state index is 11.4. The van der Waals surface area contributed by atoms with Crippen LogP contribution in [0.2, 0.25) is 0 Å². The molecule has 2 fully saturated rings. The predicted molar refractivity (Wildman–Crippen MR) is 53.1 cm³/mol. The summed E-state index contributed by atoms with van der Waals surface area (Å²) >= 11 is 0. The van der Waals surface area contributed by atoms with Crippen LogP contribution in [0.5, 0.6) is 0 Å². The van der Waals surface area contributed by atoms with Gasteiger partial charge in [-0.25, -0.2) is 4.79 Å². The number of piperidine rings is 1. The summed E-state index contributed by atoms with van der Waals surface area (Å²) in [5.74, 6) is 0.641. The van der Waals surface area contributed by atoms with Gasteiger partial charge in [0.05, 0.1) is 0 Å². The minimum atomic E-state index is -0.398. The highest BCUT2D eigenvalue weighted by atomic mass is 16.6. The molecule has 1 amide bonds. The minimum Gasteiger partial charge on any atom is -0.444 e. The average molecular weight is 198 g/mol. The zero-order valence-corrected chi connectivity index (χ0v) is 8.96. The molecule has 0 aromatic heterocycles. The lowest BCUT2D eigenvalue weighted by atomic mass is 9.69. The molecule has 0 aromatic rings. The lowest BCUT2D eigenvalue weighted by molar-refractivity contribution is 0.0218. The third kappa shape index (κ3) is 1.85. The first-order chi connectivity index (χ1) is 6.46. The van der Waals surface area contributed by atoms with Gasteiger partial charge in [-0.3, -0.25) is 0 Å². The van der Waals surface area contributed by atoms with E-state index in [0.717, 1.165) is 13.0 Å². The van der Waals surface area contributed by atoms with Gasteiger partial charge in [0.25, 0.3) is 0 Å². The predicted octanol–water partition coefficient (Wildman–Crippen LogP) is 0.871. The Labute approximate surface area is 84.4 Å². The Kier molecular flexibility index (Phi) is 2.18. The van der Waals surface area contributed by atoms with Crippen LogP contribution >= 0.6 is 0 Å². The maximum atomic E-state index is 11.4. The SMILES string of the molecule is CC(C)(C)OC(=O)N[C@@H]1C[C@@H]2NCC21. The van der Waals surface area contributed by atoms with Gasteiger partial charge in [0.15, 0.2) is 0 Å². The van der Waals surface area contributed by atoms with E-state index in [0.29, 0.717) is 18.0 Å². The lowest BCUT2D eigenvalue weighted by Gasteiger charge is -2.53. The van der Waals surface area contributed by atoms with E-state index < -0.39 is 5.60 Å². The molecule has 3 atom stereocenters. The van der Waals surface area contributed by atoms with Crippen molar-refractivity contribution in [2.75, 3.05) is 6.54 Å². The largest absolute Gasteiger partial charge is 0.444 e. The van der Waals surface area contributed by atoms with E-state index in [1.807, 2.05) is 20.8 Å². The molecule has 1 aliphatic carbocycles. The first kappa shape index (κ1) is 9.77. The summed E-state index contributed by atoms with van der Waals surface area (Å²) in [6.07, 6.45) is 0.761. The van der Waals surface area contributed by atoms with Crippen LogP contribution < -0.4 is 10.6 Å². The fraction of sp³-hybridized carbons (Fsp3) is 0.900. The molecule has 2 aliphatic rings. The molecule has 4 heteroatoms. The van der Waals surface area contributed by atoms with Crippen LogP contribution in [0.3, 0.4) is 0 Å². The van der Waals surface area contributed by atoms with Crippen molar-refractivity contribution >= 4 is 6.09 Å². The molecule has 1 unspecified atom stereocenters. The summed E-state index contributed by atoms with van der Waals surface area (Å²) in [5, 5.41) is 6.21. The number of carbonyl (C=O) groups is 1. The van der Waals surface area contributed by atoms with Gasteiger partial charge in [-0.2, -0.15) is 0 Å². The van der Waals surface area contributed by atoms with Crippen LogP contribution in [0.15, 0.2) is 0 Å². The van der Waals surface area contributed by atoms with Gasteiger partial charge in [0.1, 0.15) is 5.60 Å². The molecule has 0 radical (unpaired) electrons. The average Bonchev–Trinajstić information content (AvgIpc) is 1.94. The molecule has 0 aromatic carbocycles. The van der Waals surface area contributed by atoms with Crippen molar-refractivity contribution in [3.63, 3.8) is 0 Å². The fourth-order valence-corrected chi connectivity index (χ4v) is 1.98. The quantitative estimate of drug-likeness (QED) is 0.657. The normalized spacial score (nSPS) is 34.9. The van der Waals surface area contributed by atoms with E-state index in [1.165, 1.54) is 0 Å². The highest BCUT2D eigenvalue weighted by molar-refractivity contribution is 5.68. The van der Waals surface area contributed by atoms with Crippen molar-refractivity contribution in [1.82, 2.24) is 10.6 Å². The molecule has 2 rings (SSSR count). The number of alkyl carbamates (subject to hydrolysis) is 1. The molecule has 80 valence electrons. The second kappa shape index (κ2) is 3.12. The number of hydrogen-bond acceptors (Lipinski definition) is 3. The Morgan fingerprint density at radius 1 is 1.50 bits per heavy atom. The highest BCUT2D eigenvalue weighted by Crippen LogP contribution is 2.34. The van der Waals surface area contributed by atoms with Gasteiger partial charge >= 0.3 is 6.09 Å². The third-order valence-corrected chi connectivity index (χ3v) is 2.86. The van der Waals surface area contributed by atoms with Crippen molar-refractivity contribution in [3.8, 4) is 0 Å². The summed E-state index contributed by atoms with van der Waals surface area (Å²) in [6.45, 7) is 6.66. The first-order valence-corrected chi connectivity index (χ1v) is 5.18. The summed E-state index contributed by atoms with van der Waals surface area (Å²) in [5.41, 5.74) is -0.398. The zero-order valence-electron chi connectivity index (χ0n) is 8.96. The number of ether oxygens (including phenoxy) is 1. The maximum Gasteiger partial charge on any atom is 0.407 e. The van der Waals surface area contributed by atoms with Gasteiger partial charge in [-0.15, -0.1) is 0 Å². The third-order valence-electron chi connectivity index (χ3n) is 2.86. The molecule has 0 bridgehead atoms. The van der Waals surface area contributed by atoms with Crippen LogP contribution in [-0.2, 0) is 4.74 Å². The van der Waals surface area contributed by atoms with Gasteiger partial charge in [-0.1, -0.05) is 0 Å². The van der Waals surface area contributed by atoms with Crippen LogP contribution in [-0.4, -0.2) is 30.3 Å². The highest BCUT2D eigenvalue weighted by Gasteiger charge is 2.47. The van der Waals surface area contributed by atoms with E-state index >= 15 is 0 Å². The molecular formula is C10H18N2O2. The first-order valence-electron chi connectivity index (χ1n) is 5.18. The van der Waals surface area contributed by atoms with Gasteiger partial charge in [0, 0.05) is 24.5 Å². The molecule has 0 spiro atoms. The topological polar surface area (TPSA) is 50.4 Å². The Balaban J connectivity index is 1.73. The van der Waals surface area contributed by atoms with E-state index in [1.54, 1.807) is 0 Å². The van der Waals surface area contributed by atoms with Crippen molar-refractivity contribution in [2.24, 2.45) is 5.92 Å². The van der Waals surface area contributed by atoms with Crippen molar-refractivity contribution in [1.29, 1.82) is 0 Å². The molecule has 1 saturated carbocycles. The Hall–Kier alpha value is -0.770. The van der Waals surface area contributed by atoms with Crippen LogP contribution in [0.4, 0.5) is 4.79 Å². The molecule has 1 heterocycles. The molecule has 1 aliphatic heterocycles. The smallest absolute Gasteiger partial charge is 0.407 e. The summed E-state index contributed by atoms with van der Waals surface area (Å²) in [7, 11) is 0. The Morgan fingerprint density at radius 3 is 2.57 bits per heavy atom. The molecular weight excluding hydrogens is 180 g/mol. The standard InChI is InChI=1S/C10H18N2O2/c1-10(2,3)14-9(13)12-8-4-7-6(8)5-11-7/h6-8,11H,4-5H2,1-3H3,(H,12,13)/t6?,7-,8+/m0/s1. The number of nitrogens with one attached hydrogen (secondary N) is 2. The van der Waals surface area contributed by atoms with E-state index in [9.17, 15) is 4.79 Å². The molecule has 4 nitrogen and oxygen atoms in total. The minimum absolute atomic E-state index is 0.284. The van der Waals surface area contributed by atoms with Crippen molar-refractivity contribution in [2.45, 2.75) is 44.9 Å². The number of fused-ring (bicyclic) bond motifs is 1. The summed E-state index contributed by atoms with van der Waals surface area (Å²) in [6, 6.07) is 0.978. The van der Waals surface area contributed by atoms with E-state index in [-0.39, 0.29) is 6.09 Å². The van der Waals surface area contributed by atoms with Crippen LogP contribution in [0, 0.1) is 5.92 Å². The number of amides is 1. The van der Waals surface area contributed by atoms with Crippen LogP contribution in [0.1, 0.15) is 27.2 Å². The summed E-state index contributed by atoms with van der Waals surface area (Å²) in [4.78, 5) is 11.4. The van der Waals surface area contributed by atoms with Gasteiger partial charge in [-0.05, 0) is 27.2 Å².